The van der Waals surface area contributed by atoms with Crippen molar-refractivity contribution in [2.45, 2.75) is 6.42 Å². The Bertz CT molecular complexity index is 803. The zero-order valence-electron chi connectivity index (χ0n) is 17.4. The summed E-state index contributed by atoms with van der Waals surface area (Å²) in [5, 5.41) is 2.92. The van der Waals surface area contributed by atoms with E-state index in [-0.39, 0.29) is 11.8 Å². The zero-order valence-corrected chi connectivity index (χ0v) is 17.4. The second-order valence-corrected chi connectivity index (χ2v) is 7.35. The van der Waals surface area contributed by atoms with Crippen LogP contribution in [0.2, 0.25) is 0 Å². The topological polar surface area (TPSA) is 72.3 Å². The van der Waals surface area contributed by atoms with E-state index in [0.29, 0.717) is 44.1 Å². The Morgan fingerprint density at radius 2 is 1.67 bits per heavy atom. The number of ether oxygens (including phenoxy) is 2. The lowest BCUT2D eigenvalue weighted by atomic mass is 10.1. The molecular formula is C23H30N3O4+. The van der Waals surface area contributed by atoms with E-state index in [1.807, 2.05) is 47.4 Å². The van der Waals surface area contributed by atoms with Gasteiger partial charge in [0.25, 0.3) is 11.8 Å². The maximum Gasteiger partial charge on any atom is 0.275 e. The molecule has 1 fully saturated rings. The van der Waals surface area contributed by atoms with Crippen LogP contribution < -0.4 is 15.0 Å². The summed E-state index contributed by atoms with van der Waals surface area (Å²) >= 11 is 0. The standard InChI is InChI=1S/C23H29N3O4/c1-29-17-5-12-24-22(27)18-25-13-15-26(16-14-25)23(28)19-8-10-21(11-9-19)30-20-6-3-2-4-7-20/h2-4,6-11H,5,12-18H2,1H3,(H,24,27)/p+1. The minimum atomic E-state index is 0.0179. The fourth-order valence-corrected chi connectivity index (χ4v) is 3.41. The van der Waals surface area contributed by atoms with Crippen molar-refractivity contribution >= 4 is 11.8 Å². The van der Waals surface area contributed by atoms with E-state index in [4.69, 9.17) is 9.47 Å². The van der Waals surface area contributed by atoms with Crippen LogP contribution >= 0.6 is 0 Å². The molecule has 0 bridgehead atoms. The number of piperazine rings is 1. The monoisotopic (exact) mass is 412 g/mol. The lowest BCUT2D eigenvalue weighted by molar-refractivity contribution is -0.896. The Kier molecular flexibility index (Phi) is 8.23. The van der Waals surface area contributed by atoms with E-state index in [1.54, 1.807) is 19.2 Å². The van der Waals surface area contributed by atoms with Gasteiger partial charge < -0.3 is 24.6 Å². The molecule has 2 aromatic rings. The van der Waals surface area contributed by atoms with Crippen molar-refractivity contribution in [1.82, 2.24) is 10.2 Å². The third-order valence-electron chi connectivity index (χ3n) is 5.10. The van der Waals surface area contributed by atoms with Crippen molar-refractivity contribution in [2.24, 2.45) is 0 Å². The van der Waals surface area contributed by atoms with Gasteiger partial charge >= 0.3 is 0 Å². The van der Waals surface area contributed by atoms with Crippen LogP contribution in [0.3, 0.4) is 0 Å². The van der Waals surface area contributed by atoms with E-state index in [9.17, 15) is 9.59 Å². The molecule has 30 heavy (non-hydrogen) atoms. The number of hydrogen-bond donors (Lipinski definition) is 2. The normalized spacial score (nSPS) is 14.4. The summed E-state index contributed by atoms with van der Waals surface area (Å²) in [6.07, 6.45) is 0.815. The molecule has 1 saturated heterocycles. The number of amides is 2. The summed E-state index contributed by atoms with van der Waals surface area (Å²) in [7, 11) is 1.65. The molecule has 7 heteroatoms. The van der Waals surface area contributed by atoms with Crippen molar-refractivity contribution in [1.29, 1.82) is 0 Å². The molecule has 160 valence electrons. The van der Waals surface area contributed by atoms with Gasteiger partial charge in [-0.2, -0.15) is 0 Å². The number of nitrogens with one attached hydrogen (secondary N) is 2. The van der Waals surface area contributed by atoms with Crippen LogP contribution in [-0.2, 0) is 9.53 Å². The zero-order chi connectivity index (χ0) is 21.2. The van der Waals surface area contributed by atoms with Gasteiger partial charge in [-0.1, -0.05) is 18.2 Å². The molecule has 0 radical (unpaired) electrons. The molecule has 1 aliphatic rings. The molecule has 7 nitrogen and oxygen atoms in total. The maximum atomic E-state index is 12.8. The van der Waals surface area contributed by atoms with Crippen molar-refractivity contribution in [3.63, 3.8) is 0 Å². The SMILES string of the molecule is COCCCNC(=O)C[NH+]1CCN(C(=O)c2ccc(Oc3ccccc3)cc2)CC1. The first kappa shape index (κ1) is 21.8. The quantitative estimate of drug-likeness (QED) is 0.602. The summed E-state index contributed by atoms with van der Waals surface area (Å²) in [6, 6.07) is 16.8. The second-order valence-electron chi connectivity index (χ2n) is 7.35. The van der Waals surface area contributed by atoms with Gasteiger partial charge in [0.2, 0.25) is 0 Å². The molecule has 0 unspecified atom stereocenters. The number of nitrogens with zero attached hydrogens (tertiary/aromatic N) is 1. The third-order valence-corrected chi connectivity index (χ3v) is 5.10. The maximum absolute atomic E-state index is 12.8. The highest BCUT2D eigenvalue weighted by Crippen LogP contribution is 2.21. The molecule has 1 heterocycles. The summed E-state index contributed by atoms with van der Waals surface area (Å²) in [5.74, 6) is 1.53. The number of carbonyl (C=O) groups is 2. The van der Waals surface area contributed by atoms with Gasteiger partial charge in [-0.05, 0) is 42.8 Å². The molecule has 0 saturated carbocycles. The summed E-state index contributed by atoms with van der Waals surface area (Å²) < 4.78 is 10.8. The fraction of sp³-hybridized carbons (Fsp3) is 0.391. The lowest BCUT2D eigenvalue weighted by Gasteiger charge is -2.32. The number of quaternary nitrogens is 1. The number of para-hydroxylation sites is 1. The number of benzene rings is 2. The highest BCUT2D eigenvalue weighted by molar-refractivity contribution is 5.94. The van der Waals surface area contributed by atoms with E-state index < -0.39 is 0 Å². The Morgan fingerprint density at radius 3 is 2.33 bits per heavy atom. The predicted octanol–water partition coefficient (Wildman–Crippen LogP) is 0.972. The highest BCUT2D eigenvalue weighted by Gasteiger charge is 2.25. The Morgan fingerprint density at radius 1 is 1.00 bits per heavy atom. The molecule has 2 amide bonds. The van der Waals surface area contributed by atoms with Crippen molar-refractivity contribution in [2.75, 3.05) is 53.0 Å². The number of rotatable bonds is 9. The Labute approximate surface area is 177 Å². The average Bonchev–Trinajstić information content (AvgIpc) is 2.78. The minimum absolute atomic E-state index is 0.0179. The lowest BCUT2D eigenvalue weighted by Crippen LogP contribution is -3.15. The smallest absolute Gasteiger partial charge is 0.275 e. The molecular weight excluding hydrogens is 382 g/mol. The van der Waals surface area contributed by atoms with Crippen LogP contribution in [0.5, 0.6) is 11.5 Å². The number of methoxy groups -OCH3 is 1. The Hall–Kier alpha value is -2.90. The van der Waals surface area contributed by atoms with E-state index >= 15 is 0 Å². The average molecular weight is 413 g/mol. The van der Waals surface area contributed by atoms with Crippen LogP contribution in [0.25, 0.3) is 0 Å². The third kappa shape index (κ3) is 6.57. The highest BCUT2D eigenvalue weighted by atomic mass is 16.5. The van der Waals surface area contributed by atoms with Crippen LogP contribution in [0.4, 0.5) is 0 Å². The van der Waals surface area contributed by atoms with Crippen LogP contribution in [0.15, 0.2) is 54.6 Å². The molecule has 2 N–H and O–H groups in total. The summed E-state index contributed by atoms with van der Waals surface area (Å²) in [4.78, 5) is 27.9. The fourth-order valence-electron chi connectivity index (χ4n) is 3.41. The van der Waals surface area contributed by atoms with Crippen molar-refractivity contribution in [3.05, 3.63) is 60.2 Å². The number of hydrogen-bond acceptors (Lipinski definition) is 4. The largest absolute Gasteiger partial charge is 0.457 e. The van der Waals surface area contributed by atoms with Gasteiger partial charge in [-0.15, -0.1) is 0 Å². The molecule has 1 aliphatic heterocycles. The predicted molar refractivity (Wildman–Crippen MR) is 114 cm³/mol. The molecule has 0 spiro atoms. The van der Waals surface area contributed by atoms with Gasteiger partial charge in [0.15, 0.2) is 6.54 Å². The van der Waals surface area contributed by atoms with Gasteiger partial charge in [-0.3, -0.25) is 9.59 Å². The summed E-state index contributed by atoms with van der Waals surface area (Å²) in [6.45, 7) is 4.56. The van der Waals surface area contributed by atoms with Crippen molar-refractivity contribution < 1.29 is 24.0 Å². The second kappa shape index (κ2) is 11.3. The number of carbonyl (C=O) groups excluding carboxylic acids is 2. The van der Waals surface area contributed by atoms with Crippen molar-refractivity contribution in [3.8, 4) is 11.5 Å². The van der Waals surface area contributed by atoms with Gasteiger partial charge in [-0.25, -0.2) is 0 Å². The van der Waals surface area contributed by atoms with Gasteiger partial charge in [0.1, 0.15) is 11.5 Å². The molecule has 0 aromatic heterocycles. The van der Waals surface area contributed by atoms with E-state index in [0.717, 1.165) is 25.3 Å². The summed E-state index contributed by atoms with van der Waals surface area (Å²) in [5.41, 5.74) is 0.648. The first-order valence-electron chi connectivity index (χ1n) is 10.4. The van der Waals surface area contributed by atoms with Crippen LogP contribution in [-0.4, -0.2) is 69.7 Å². The minimum Gasteiger partial charge on any atom is -0.457 e. The van der Waals surface area contributed by atoms with E-state index in [1.165, 1.54) is 4.90 Å². The van der Waals surface area contributed by atoms with Gasteiger partial charge in [0.05, 0.1) is 26.2 Å². The molecule has 0 atom stereocenters. The molecule has 3 rings (SSSR count). The molecule has 0 aliphatic carbocycles. The van der Waals surface area contributed by atoms with Crippen LogP contribution in [0.1, 0.15) is 16.8 Å². The van der Waals surface area contributed by atoms with Gasteiger partial charge in [0, 0.05) is 25.8 Å². The first-order chi connectivity index (χ1) is 14.7. The first-order valence-corrected chi connectivity index (χ1v) is 10.4. The molecule has 2 aromatic carbocycles. The van der Waals surface area contributed by atoms with E-state index in [2.05, 4.69) is 5.32 Å². The van der Waals surface area contributed by atoms with Crippen LogP contribution in [0, 0.1) is 0 Å². The Balaban J connectivity index is 1.43.